The summed E-state index contributed by atoms with van der Waals surface area (Å²) in [5, 5.41) is 0. The third kappa shape index (κ3) is 3.71. The van der Waals surface area contributed by atoms with E-state index in [2.05, 4.69) is 45.8 Å². The Bertz CT molecular complexity index is 1040. The summed E-state index contributed by atoms with van der Waals surface area (Å²) in [5.74, 6) is 0.266. The number of hydrogen-bond acceptors (Lipinski definition) is 4. The molecule has 1 saturated heterocycles. The topological polar surface area (TPSA) is 72.9 Å². The van der Waals surface area contributed by atoms with E-state index in [-0.39, 0.29) is 29.4 Å². The Kier molecular flexibility index (Phi) is 5.74. The number of pyridine rings is 1. The largest absolute Gasteiger partial charge is 0.380 e. The minimum absolute atomic E-state index is 0.0100. The Morgan fingerprint density at radius 2 is 1.84 bits per heavy atom. The molecular formula is C26H32N4O2. The zero-order valence-corrected chi connectivity index (χ0v) is 18.7. The smallest absolute Gasteiger partial charge is 0.225 e. The van der Waals surface area contributed by atoms with Crippen molar-refractivity contribution in [1.82, 2.24) is 14.3 Å². The number of carbonyl (C=O) groups is 1. The van der Waals surface area contributed by atoms with Crippen LogP contribution in [0.4, 0.5) is 0 Å². The van der Waals surface area contributed by atoms with Crippen molar-refractivity contribution in [1.29, 1.82) is 0 Å². The van der Waals surface area contributed by atoms with Crippen LogP contribution in [0, 0.1) is 5.92 Å². The van der Waals surface area contributed by atoms with Gasteiger partial charge in [-0.05, 0) is 49.8 Å². The molecule has 1 aromatic carbocycles. The second-order valence-corrected chi connectivity index (χ2v) is 9.31. The van der Waals surface area contributed by atoms with Gasteiger partial charge in [-0.1, -0.05) is 36.4 Å². The van der Waals surface area contributed by atoms with Crippen molar-refractivity contribution < 1.29 is 9.53 Å². The zero-order valence-electron chi connectivity index (χ0n) is 18.7. The number of imidazole rings is 1. The van der Waals surface area contributed by atoms with Gasteiger partial charge in [-0.15, -0.1) is 0 Å². The molecule has 6 nitrogen and oxygen atoms in total. The van der Waals surface area contributed by atoms with Gasteiger partial charge in [0.1, 0.15) is 5.65 Å². The summed E-state index contributed by atoms with van der Waals surface area (Å²) in [5.41, 5.74) is 9.41. The van der Waals surface area contributed by atoms with Crippen molar-refractivity contribution in [2.75, 3.05) is 20.2 Å². The lowest BCUT2D eigenvalue weighted by Gasteiger charge is -2.43. The third-order valence-corrected chi connectivity index (χ3v) is 7.60. The molecular weight excluding hydrogens is 400 g/mol. The van der Waals surface area contributed by atoms with Crippen LogP contribution in [0.15, 0.2) is 60.9 Å². The van der Waals surface area contributed by atoms with Crippen LogP contribution in [0.5, 0.6) is 0 Å². The molecule has 0 spiro atoms. The molecule has 2 N–H and O–H groups in total. The maximum absolute atomic E-state index is 13.3. The SMILES string of the molecule is CO[C@@H]1CC[C@H](C(=O)N2CCC(c3ccccc3)(c3cn4ccccc4n3)CC2)C[C@H]1N. The predicted molar refractivity (Wildman–Crippen MR) is 124 cm³/mol. The highest BCUT2D eigenvalue weighted by Gasteiger charge is 2.42. The number of benzene rings is 1. The summed E-state index contributed by atoms with van der Waals surface area (Å²) >= 11 is 0. The molecule has 6 heteroatoms. The fraction of sp³-hybridized carbons (Fsp3) is 0.462. The third-order valence-electron chi connectivity index (χ3n) is 7.60. The average molecular weight is 433 g/mol. The van der Waals surface area contributed by atoms with Crippen LogP contribution in [0.25, 0.3) is 5.65 Å². The summed E-state index contributed by atoms with van der Waals surface area (Å²) < 4.78 is 7.56. The number of fused-ring (bicyclic) bond motifs is 1. The van der Waals surface area contributed by atoms with Gasteiger partial charge in [0.25, 0.3) is 0 Å². The highest BCUT2D eigenvalue weighted by molar-refractivity contribution is 5.79. The molecule has 0 radical (unpaired) electrons. The first kappa shape index (κ1) is 21.2. The molecule has 0 bridgehead atoms. The van der Waals surface area contributed by atoms with Gasteiger partial charge in [0.05, 0.1) is 11.8 Å². The van der Waals surface area contributed by atoms with Gasteiger partial charge in [0.15, 0.2) is 0 Å². The van der Waals surface area contributed by atoms with Crippen LogP contribution in [0.1, 0.15) is 43.4 Å². The van der Waals surface area contributed by atoms with Crippen molar-refractivity contribution in [2.45, 2.75) is 49.7 Å². The van der Waals surface area contributed by atoms with E-state index in [4.69, 9.17) is 15.5 Å². The van der Waals surface area contributed by atoms with Gasteiger partial charge in [0, 0.05) is 50.0 Å². The van der Waals surface area contributed by atoms with Gasteiger partial charge in [-0.25, -0.2) is 4.98 Å². The van der Waals surface area contributed by atoms with Crippen molar-refractivity contribution in [3.8, 4) is 0 Å². The number of aromatic nitrogens is 2. The molecule has 32 heavy (non-hydrogen) atoms. The first-order valence-corrected chi connectivity index (χ1v) is 11.7. The van der Waals surface area contributed by atoms with Crippen LogP contribution in [-0.2, 0) is 14.9 Å². The van der Waals surface area contributed by atoms with E-state index in [0.29, 0.717) is 6.42 Å². The number of hydrogen-bond donors (Lipinski definition) is 1. The Morgan fingerprint density at radius 1 is 1.09 bits per heavy atom. The van der Waals surface area contributed by atoms with Gasteiger partial charge in [-0.3, -0.25) is 4.79 Å². The predicted octanol–water partition coefficient (Wildman–Crippen LogP) is 3.39. The molecule has 1 saturated carbocycles. The van der Waals surface area contributed by atoms with Crippen LogP contribution in [0.3, 0.4) is 0 Å². The van der Waals surface area contributed by atoms with E-state index in [1.807, 2.05) is 24.4 Å². The van der Waals surface area contributed by atoms with Gasteiger partial charge in [0.2, 0.25) is 5.91 Å². The molecule has 2 aromatic heterocycles. The lowest BCUT2D eigenvalue weighted by Crippen LogP contribution is -2.50. The van der Waals surface area contributed by atoms with Crippen molar-refractivity contribution in [3.05, 3.63) is 72.2 Å². The molecule has 2 aliphatic rings. The Hall–Kier alpha value is -2.70. The zero-order chi connectivity index (χ0) is 22.1. The fourth-order valence-electron chi connectivity index (χ4n) is 5.68. The van der Waals surface area contributed by atoms with Crippen LogP contribution >= 0.6 is 0 Å². The van der Waals surface area contributed by atoms with Crippen molar-refractivity contribution >= 4 is 11.6 Å². The molecule has 1 aliphatic heterocycles. The molecule has 5 rings (SSSR count). The van der Waals surface area contributed by atoms with Crippen LogP contribution in [0.2, 0.25) is 0 Å². The number of nitrogens with zero attached hydrogens (tertiary/aromatic N) is 3. The van der Waals surface area contributed by atoms with Crippen LogP contribution < -0.4 is 5.73 Å². The minimum Gasteiger partial charge on any atom is -0.380 e. The lowest BCUT2D eigenvalue weighted by atomic mass is 9.70. The van der Waals surface area contributed by atoms with E-state index in [9.17, 15) is 4.79 Å². The lowest BCUT2D eigenvalue weighted by molar-refractivity contribution is -0.139. The maximum Gasteiger partial charge on any atom is 0.225 e. The monoisotopic (exact) mass is 432 g/mol. The Labute approximate surface area is 189 Å². The normalized spacial score (nSPS) is 25.7. The molecule has 3 aromatic rings. The first-order chi connectivity index (χ1) is 15.6. The summed E-state index contributed by atoms with van der Waals surface area (Å²) in [7, 11) is 1.71. The van der Waals surface area contributed by atoms with Gasteiger partial charge >= 0.3 is 0 Å². The molecule has 1 aliphatic carbocycles. The van der Waals surface area contributed by atoms with E-state index in [0.717, 1.165) is 50.1 Å². The number of methoxy groups -OCH3 is 1. The standard InChI is InChI=1S/C26H32N4O2/c1-32-22-11-10-19(17-21(22)27)25(31)29-15-12-26(13-16-29,20-7-3-2-4-8-20)23-18-30-14-6-5-9-24(30)28-23/h2-9,14,18-19,21-22H,10-13,15-17,27H2,1H3/t19-,21+,22+/m0/s1. The van der Waals surface area contributed by atoms with E-state index < -0.39 is 0 Å². The number of carbonyl (C=O) groups excluding carboxylic acids is 1. The molecule has 168 valence electrons. The Balaban J connectivity index is 1.38. The summed E-state index contributed by atoms with van der Waals surface area (Å²) in [4.78, 5) is 20.4. The highest BCUT2D eigenvalue weighted by Crippen LogP contribution is 2.42. The number of ether oxygens (including phenoxy) is 1. The summed E-state index contributed by atoms with van der Waals surface area (Å²) in [6.07, 6.45) is 8.44. The number of rotatable bonds is 4. The molecule has 1 amide bonds. The van der Waals surface area contributed by atoms with Crippen molar-refractivity contribution in [2.24, 2.45) is 11.7 Å². The number of amides is 1. The molecule has 3 heterocycles. The second kappa shape index (κ2) is 8.68. The molecule has 0 unspecified atom stereocenters. The first-order valence-electron chi connectivity index (χ1n) is 11.7. The van der Waals surface area contributed by atoms with E-state index in [1.165, 1.54) is 5.56 Å². The van der Waals surface area contributed by atoms with Gasteiger partial charge < -0.3 is 19.8 Å². The second-order valence-electron chi connectivity index (χ2n) is 9.31. The maximum atomic E-state index is 13.3. The quantitative estimate of drug-likeness (QED) is 0.686. The highest BCUT2D eigenvalue weighted by atomic mass is 16.5. The minimum atomic E-state index is -0.186. The average Bonchev–Trinajstić information content (AvgIpc) is 3.29. The van der Waals surface area contributed by atoms with Gasteiger partial charge in [-0.2, -0.15) is 0 Å². The number of likely N-dealkylation sites (tertiary alicyclic amines) is 1. The number of nitrogens with two attached hydrogens (primary N) is 1. The Morgan fingerprint density at radius 3 is 2.53 bits per heavy atom. The van der Waals surface area contributed by atoms with E-state index in [1.54, 1.807) is 7.11 Å². The fourth-order valence-corrected chi connectivity index (χ4v) is 5.68. The van der Waals surface area contributed by atoms with Crippen molar-refractivity contribution in [3.63, 3.8) is 0 Å². The summed E-state index contributed by atoms with van der Waals surface area (Å²) in [6, 6.07) is 16.7. The van der Waals surface area contributed by atoms with Crippen LogP contribution in [-0.4, -0.2) is 52.5 Å². The summed E-state index contributed by atoms with van der Waals surface area (Å²) in [6.45, 7) is 1.47. The van der Waals surface area contributed by atoms with E-state index >= 15 is 0 Å². The molecule has 2 fully saturated rings. The number of piperidine rings is 1. The molecule has 3 atom stereocenters.